The first-order valence-corrected chi connectivity index (χ1v) is 12.0. The number of nitrogens with zero attached hydrogens (tertiary/aromatic N) is 3. The number of aromatic nitrogens is 1. The SMILES string of the molecule is O=C(Cc1ccccn1)N1CCCCN2[C@@H](CO)[C@H](c3ccc(-c4ccc(F)cc4)cc3)[C@@H]2C1. The van der Waals surface area contributed by atoms with Gasteiger partial charge in [0, 0.05) is 43.0 Å². The second-order valence-corrected chi connectivity index (χ2v) is 9.25. The average Bonchev–Trinajstić information content (AvgIpc) is 2.84. The third-order valence-electron chi connectivity index (χ3n) is 7.25. The van der Waals surface area contributed by atoms with Crippen molar-refractivity contribution in [3.05, 3.63) is 90.0 Å². The maximum atomic E-state index is 13.3. The number of hydrogen-bond donors (Lipinski definition) is 1. The van der Waals surface area contributed by atoms with E-state index < -0.39 is 0 Å². The van der Waals surface area contributed by atoms with E-state index in [1.807, 2.05) is 23.1 Å². The summed E-state index contributed by atoms with van der Waals surface area (Å²) in [4.78, 5) is 21.8. The molecule has 2 aliphatic heterocycles. The lowest BCUT2D eigenvalue weighted by atomic mass is 9.74. The van der Waals surface area contributed by atoms with Gasteiger partial charge in [0.2, 0.25) is 5.91 Å². The zero-order valence-corrected chi connectivity index (χ0v) is 19.2. The number of rotatable bonds is 5. The minimum absolute atomic E-state index is 0.0625. The number of carbonyl (C=O) groups is 1. The van der Waals surface area contributed by atoms with Crippen LogP contribution < -0.4 is 0 Å². The van der Waals surface area contributed by atoms with Crippen LogP contribution in [0.3, 0.4) is 0 Å². The van der Waals surface area contributed by atoms with Gasteiger partial charge in [-0.2, -0.15) is 0 Å². The van der Waals surface area contributed by atoms with Crippen molar-refractivity contribution >= 4 is 5.91 Å². The molecule has 34 heavy (non-hydrogen) atoms. The van der Waals surface area contributed by atoms with Crippen molar-refractivity contribution in [2.45, 2.75) is 37.3 Å². The predicted molar refractivity (Wildman–Crippen MR) is 130 cm³/mol. The highest BCUT2D eigenvalue weighted by molar-refractivity contribution is 5.78. The fraction of sp³-hybridized carbons (Fsp3) is 0.357. The summed E-state index contributed by atoms with van der Waals surface area (Å²) in [7, 11) is 0. The summed E-state index contributed by atoms with van der Waals surface area (Å²) in [6.45, 7) is 2.47. The third kappa shape index (κ3) is 4.61. The molecule has 3 heterocycles. The van der Waals surface area contributed by atoms with E-state index in [1.54, 1.807) is 18.3 Å². The molecule has 0 bridgehead atoms. The van der Waals surface area contributed by atoms with Crippen LogP contribution in [0, 0.1) is 5.82 Å². The van der Waals surface area contributed by atoms with Crippen LogP contribution in [0.5, 0.6) is 0 Å². The second kappa shape index (κ2) is 10.0. The Morgan fingerprint density at radius 1 is 0.971 bits per heavy atom. The highest BCUT2D eigenvalue weighted by Gasteiger charge is 2.49. The number of carbonyl (C=O) groups excluding carboxylic acids is 1. The molecule has 2 fully saturated rings. The minimum atomic E-state index is -0.243. The fourth-order valence-electron chi connectivity index (χ4n) is 5.48. The Bertz CT molecular complexity index is 1100. The highest BCUT2D eigenvalue weighted by Crippen LogP contribution is 2.42. The van der Waals surface area contributed by atoms with Crippen LogP contribution in [0.15, 0.2) is 72.9 Å². The molecular formula is C28H30FN3O2. The summed E-state index contributed by atoms with van der Waals surface area (Å²) in [5, 5.41) is 10.2. The van der Waals surface area contributed by atoms with Crippen LogP contribution in [0.1, 0.15) is 30.0 Å². The largest absolute Gasteiger partial charge is 0.395 e. The Balaban J connectivity index is 1.34. The van der Waals surface area contributed by atoms with Crippen LogP contribution in [0.25, 0.3) is 11.1 Å². The van der Waals surface area contributed by atoms with Gasteiger partial charge in [-0.3, -0.25) is 14.7 Å². The third-order valence-corrected chi connectivity index (χ3v) is 7.25. The standard InChI is InChI=1S/C28H30FN3O2/c29-23-12-10-21(11-13-23)20-6-8-22(9-7-20)28-25-18-31(15-3-4-16-32(25)26(28)19-33)27(34)17-24-5-1-2-14-30-24/h1-2,5-14,25-26,28,33H,3-4,15-19H2/t25-,26-,28+/m0/s1. The summed E-state index contributed by atoms with van der Waals surface area (Å²) in [5.74, 6) is 0.0288. The van der Waals surface area contributed by atoms with Crippen molar-refractivity contribution < 1.29 is 14.3 Å². The number of pyridine rings is 1. The van der Waals surface area contributed by atoms with E-state index in [9.17, 15) is 14.3 Å². The van der Waals surface area contributed by atoms with Gasteiger partial charge in [-0.05, 0) is 60.3 Å². The molecule has 0 radical (unpaired) electrons. The highest BCUT2D eigenvalue weighted by atomic mass is 19.1. The van der Waals surface area contributed by atoms with E-state index >= 15 is 0 Å². The van der Waals surface area contributed by atoms with Crippen molar-refractivity contribution in [2.24, 2.45) is 0 Å². The first kappa shape index (κ1) is 22.7. The Kier molecular flexibility index (Phi) is 6.70. The molecule has 3 aromatic rings. The lowest BCUT2D eigenvalue weighted by Gasteiger charge is -2.57. The van der Waals surface area contributed by atoms with Gasteiger partial charge < -0.3 is 10.0 Å². The van der Waals surface area contributed by atoms with Gasteiger partial charge in [0.15, 0.2) is 0 Å². The van der Waals surface area contributed by atoms with Gasteiger partial charge in [0.1, 0.15) is 5.82 Å². The monoisotopic (exact) mass is 459 g/mol. The molecule has 0 spiro atoms. The summed E-state index contributed by atoms with van der Waals surface area (Å²) in [6, 6.07) is 20.8. The maximum absolute atomic E-state index is 13.3. The predicted octanol–water partition coefficient (Wildman–Crippen LogP) is 3.88. The average molecular weight is 460 g/mol. The number of amides is 1. The van der Waals surface area contributed by atoms with Crippen LogP contribution in [0.2, 0.25) is 0 Å². The Morgan fingerprint density at radius 2 is 1.68 bits per heavy atom. The Labute approximate surface area is 199 Å². The van der Waals surface area contributed by atoms with Crippen LogP contribution in [-0.2, 0) is 11.2 Å². The quantitative estimate of drug-likeness (QED) is 0.629. The number of fused-ring (bicyclic) bond motifs is 1. The summed E-state index contributed by atoms with van der Waals surface area (Å²) >= 11 is 0. The zero-order valence-electron chi connectivity index (χ0n) is 19.2. The van der Waals surface area contributed by atoms with E-state index in [0.717, 1.165) is 42.8 Å². The van der Waals surface area contributed by atoms with Gasteiger partial charge >= 0.3 is 0 Å². The molecule has 2 saturated heterocycles. The van der Waals surface area contributed by atoms with Gasteiger partial charge in [-0.15, -0.1) is 0 Å². The Hall–Kier alpha value is -3.09. The smallest absolute Gasteiger partial charge is 0.228 e. The first-order valence-electron chi connectivity index (χ1n) is 12.0. The molecule has 1 aromatic heterocycles. The minimum Gasteiger partial charge on any atom is -0.395 e. The summed E-state index contributed by atoms with van der Waals surface area (Å²) < 4.78 is 13.3. The van der Waals surface area contributed by atoms with Gasteiger partial charge in [0.25, 0.3) is 0 Å². The molecule has 0 saturated carbocycles. The molecule has 3 atom stereocenters. The maximum Gasteiger partial charge on any atom is 0.228 e. The van der Waals surface area contributed by atoms with Gasteiger partial charge in [-0.1, -0.05) is 42.5 Å². The molecule has 5 nitrogen and oxygen atoms in total. The lowest BCUT2D eigenvalue weighted by Crippen LogP contribution is -2.68. The van der Waals surface area contributed by atoms with E-state index in [1.165, 1.54) is 17.7 Å². The van der Waals surface area contributed by atoms with Crippen molar-refractivity contribution in [2.75, 3.05) is 26.2 Å². The molecule has 6 heteroatoms. The van der Waals surface area contributed by atoms with Crippen molar-refractivity contribution in [1.29, 1.82) is 0 Å². The van der Waals surface area contributed by atoms with E-state index in [2.05, 4.69) is 34.1 Å². The number of halogens is 1. The topological polar surface area (TPSA) is 56.7 Å². The Morgan fingerprint density at radius 3 is 2.35 bits per heavy atom. The summed E-state index contributed by atoms with van der Waals surface area (Å²) in [5.41, 5.74) is 3.97. The number of benzene rings is 2. The molecular weight excluding hydrogens is 429 g/mol. The molecule has 2 aromatic carbocycles. The van der Waals surface area contributed by atoms with Crippen LogP contribution in [-0.4, -0.2) is 64.1 Å². The van der Waals surface area contributed by atoms with E-state index in [4.69, 9.17) is 0 Å². The molecule has 2 aliphatic rings. The van der Waals surface area contributed by atoms with Crippen LogP contribution >= 0.6 is 0 Å². The number of hydrogen-bond acceptors (Lipinski definition) is 4. The normalized spacial score (nSPS) is 22.9. The second-order valence-electron chi connectivity index (χ2n) is 9.25. The van der Waals surface area contributed by atoms with E-state index in [0.29, 0.717) is 13.0 Å². The van der Waals surface area contributed by atoms with Crippen molar-refractivity contribution in [3.8, 4) is 11.1 Å². The van der Waals surface area contributed by atoms with E-state index in [-0.39, 0.29) is 36.3 Å². The van der Waals surface area contributed by atoms with Crippen molar-refractivity contribution in [3.63, 3.8) is 0 Å². The molecule has 5 rings (SSSR count). The van der Waals surface area contributed by atoms with Crippen molar-refractivity contribution in [1.82, 2.24) is 14.8 Å². The van der Waals surface area contributed by atoms with Gasteiger partial charge in [0.05, 0.1) is 13.0 Å². The molecule has 0 unspecified atom stereocenters. The number of aliphatic hydroxyl groups is 1. The first-order chi connectivity index (χ1) is 16.6. The van der Waals surface area contributed by atoms with Crippen LogP contribution in [0.4, 0.5) is 4.39 Å². The zero-order chi connectivity index (χ0) is 23.5. The molecule has 1 N–H and O–H groups in total. The number of aliphatic hydroxyl groups excluding tert-OH is 1. The molecule has 1 amide bonds. The fourth-order valence-corrected chi connectivity index (χ4v) is 5.48. The lowest BCUT2D eigenvalue weighted by molar-refractivity contribution is -0.135. The molecule has 176 valence electrons. The summed E-state index contributed by atoms with van der Waals surface area (Å²) in [6.07, 6.45) is 4.01. The van der Waals surface area contributed by atoms with Gasteiger partial charge in [-0.25, -0.2) is 4.39 Å². The molecule has 0 aliphatic carbocycles.